The minimum absolute atomic E-state index is 0.0601. The summed E-state index contributed by atoms with van der Waals surface area (Å²) in [5.41, 5.74) is 3.29. The highest BCUT2D eigenvalue weighted by Gasteiger charge is 2.18. The second-order valence-electron chi connectivity index (χ2n) is 5.48. The van der Waals surface area contributed by atoms with Crippen molar-refractivity contribution in [3.05, 3.63) is 73.8 Å². The number of amides is 1. The van der Waals surface area contributed by atoms with Crippen molar-refractivity contribution in [2.45, 2.75) is 26.8 Å². The summed E-state index contributed by atoms with van der Waals surface area (Å²) in [6.45, 7) is 5.86. The summed E-state index contributed by atoms with van der Waals surface area (Å²) >= 11 is 5.99. The fraction of sp³-hybridized carbons (Fsp3) is 0.235. The maximum atomic E-state index is 12.4. The smallest absolute Gasteiger partial charge is 0.270 e. The van der Waals surface area contributed by atoms with Crippen molar-refractivity contribution >= 4 is 23.2 Å². The number of hydrogen-bond acceptors (Lipinski definition) is 3. The van der Waals surface area contributed by atoms with Gasteiger partial charge in [0.25, 0.3) is 11.6 Å². The standard InChI is InChI=1S/C17H17ClN2O3/c1-10-4-5-11(2)15(8-10)12(3)19-17(21)14-7-6-13(20(22)23)9-16(14)18/h4-9,12H,1-3H3,(H,19,21)/t12-/m1/s1. The molecule has 0 spiro atoms. The topological polar surface area (TPSA) is 72.2 Å². The Hall–Kier alpha value is -2.40. The van der Waals surface area contributed by atoms with Crippen molar-refractivity contribution in [2.75, 3.05) is 0 Å². The quantitative estimate of drug-likeness (QED) is 0.668. The number of hydrogen-bond donors (Lipinski definition) is 1. The highest BCUT2D eigenvalue weighted by atomic mass is 35.5. The lowest BCUT2D eigenvalue weighted by atomic mass is 9.99. The zero-order chi connectivity index (χ0) is 17.1. The fourth-order valence-electron chi connectivity index (χ4n) is 2.38. The molecule has 120 valence electrons. The molecule has 0 unspecified atom stereocenters. The Kier molecular flexibility index (Phi) is 5.01. The van der Waals surface area contributed by atoms with E-state index in [0.29, 0.717) is 0 Å². The summed E-state index contributed by atoms with van der Waals surface area (Å²) in [5.74, 6) is -0.363. The molecule has 0 aromatic heterocycles. The molecule has 0 aliphatic rings. The maximum absolute atomic E-state index is 12.4. The second kappa shape index (κ2) is 6.79. The van der Waals surface area contributed by atoms with Gasteiger partial charge < -0.3 is 5.32 Å². The van der Waals surface area contributed by atoms with Crippen LogP contribution >= 0.6 is 11.6 Å². The Morgan fingerprint density at radius 1 is 1.22 bits per heavy atom. The molecular weight excluding hydrogens is 316 g/mol. The number of nitrogens with zero attached hydrogens (tertiary/aromatic N) is 1. The Labute approximate surface area is 139 Å². The summed E-state index contributed by atoms with van der Waals surface area (Å²) in [7, 11) is 0. The first-order valence-corrected chi connectivity index (χ1v) is 7.49. The average Bonchev–Trinajstić information content (AvgIpc) is 2.49. The number of nitrogens with one attached hydrogen (secondary N) is 1. The van der Waals surface area contributed by atoms with Gasteiger partial charge in [0.05, 0.1) is 21.6 Å². The Morgan fingerprint density at radius 3 is 2.52 bits per heavy atom. The van der Waals surface area contributed by atoms with Crippen LogP contribution < -0.4 is 5.32 Å². The van der Waals surface area contributed by atoms with E-state index in [9.17, 15) is 14.9 Å². The van der Waals surface area contributed by atoms with Gasteiger partial charge in [0.15, 0.2) is 0 Å². The molecule has 0 saturated carbocycles. The average molecular weight is 333 g/mol. The Balaban J connectivity index is 2.21. The van der Waals surface area contributed by atoms with E-state index in [1.54, 1.807) is 0 Å². The number of nitro benzene ring substituents is 1. The summed E-state index contributed by atoms with van der Waals surface area (Å²) in [5, 5.41) is 13.6. The van der Waals surface area contributed by atoms with Crippen LogP contribution in [0.2, 0.25) is 5.02 Å². The van der Waals surface area contributed by atoms with E-state index in [4.69, 9.17) is 11.6 Å². The number of carbonyl (C=O) groups excluding carboxylic acids is 1. The lowest BCUT2D eigenvalue weighted by Gasteiger charge is -2.17. The normalized spacial score (nSPS) is 11.8. The molecule has 5 nitrogen and oxygen atoms in total. The Bertz CT molecular complexity index is 774. The van der Waals surface area contributed by atoms with E-state index in [-0.39, 0.29) is 28.2 Å². The van der Waals surface area contributed by atoms with E-state index >= 15 is 0 Å². The zero-order valence-corrected chi connectivity index (χ0v) is 13.8. The number of halogens is 1. The first kappa shape index (κ1) is 17.0. The third-order valence-electron chi connectivity index (χ3n) is 3.66. The molecule has 1 N–H and O–H groups in total. The molecule has 1 amide bonds. The summed E-state index contributed by atoms with van der Waals surface area (Å²) in [4.78, 5) is 22.5. The fourth-order valence-corrected chi connectivity index (χ4v) is 2.64. The van der Waals surface area contributed by atoms with Gasteiger partial charge in [-0.15, -0.1) is 0 Å². The highest BCUT2D eigenvalue weighted by molar-refractivity contribution is 6.34. The third kappa shape index (κ3) is 3.87. The lowest BCUT2D eigenvalue weighted by Crippen LogP contribution is -2.27. The number of rotatable bonds is 4. The van der Waals surface area contributed by atoms with Crippen LogP contribution in [0.4, 0.5) is 5.69 Å². The minimum Gasteiger partial charge on any atom is -0.345 e. The van der Waals surface area contributed by atoms with Crippen molar-refractivity contribution in [2.24, 2.45) is 0 Å². The zero-order valence-electron chi connectivity index (χ0n) is 13.1. The minimum atomic E-state index is -0.549. The molecule has 1 atom stereocenters. The van der Waals surface area contributed by atoms with E-state index in [2.05, 4.69) is 5.32 Å². The highest BCUT2D eigenvalue weighted by Crippen LogP contribution is 2.24. The van der Waals surface area contributed by atoms with Crippen molar-refractivity contribution in [3.63, 3.8) is 0 Å². The van der Waals surface area contributed by atoms with Gasteiger partial charge in [-0.1, -0.05) is 35.4 Å². The van der Waals surface area contributed by atoms with Crippen LogP contribution in [0.3, 0.4) is 0 Å². The molecule has 23 heavy (non-hydrogen) atoms. The van der Waals surface area contributed by atoms with Gasteiger partial charge in [-0.05, 0) is 38.0 Å². The number of aryl methyl sites for hydroxylation is 2. The largest absolute Gasteiger partial charge is 0.345 e. The van der Waals surface area contributed by atoms with Crippen molar-refractivity contribution in [3.8, 4) is 0 Å². The van der Waals surface area contributed by atoms with Gasteiger partial charge in [-0.2, -0.15) is 0 Å². The van der Waals surface area contributed by atoms with E-state index in [1.807, 2.05) is 39.0 Å². The molecule has 0 fully saturated rings. The van der Waals surface area contributed by atoms with Gasteiger partial charge >= 0.3 is 0 Å². The number of nitro groups is 1. The molecule has 0 aliphatic carbocycles. The van der Waals surface area contributed by atoms with Crippen molar-refractivity contribution in [1.82, 2.24) is 5.32 Å². The molecule has 0 heterocycles. The summed E-state index contributed by atoms with van der Waals surface area (Å²) < 4.78 is 0. The van der Waals surface area contributed by atoms with Gasteiger partial charge in [-0.25, -0.2) is 0 Å². The van der Waals surface area contributed by atoms with Crippen LogP contribution in [0, 0.1) is 24.0 Å². The molecule has 2 rings (SSSR count). The predicted octanol–water partition coefficient (Wildman–Crippen LogP) is 4.36. The predicted molar refractivity (Wildman–Crippen MR) is 89.9 cm³/mol. The monoisotopic (exact) mass is 332 g/mol. The van der Waals surface area contributed by atoms with Crippen molar-refractivity contribution < 1.29 is 9.72 Å². The van der Waals surface area contributed by atoms with E-state index in [1.165, 1.54) is 18.2 Å². The molecule has 0 aliphatic heterocycles. The van der Waals surface area contributed by atoms with Crippen LogP contribution in [-0.2, 0) is 0 Å². The van der Waals surface area contributed by atoms with Crippen LogP contribution in [0.5, 0.6) is 0 Å². The molecule has 0 bridgehead atoms. The van der Waals surface area contributed by atoms with Gasteiger partial charge in [0.1, 0.15) is 0 Å². The van der Waals surface area contributed by atoms with E-state index < -0.39 is 4.92 Å². The van der Waals surface area contributed by atoms with Crippen LogP contribution in [0.25, 0.3) is 0 Å². The van der Waals surface area contributed by atoms with Crippen LogP contribution in [0.15, 0.2) is 36.4 Å². The maximum Gasteiger partial charge on any atom is 0.270 e. The first-order chi connectivity index (χ1) is 10.8. The van der Waals surface area contributed by atoms with Crippen molar-refractivity contribution in [1.29, 1.82) is 0 Å². The second-order valence-corrected chi connectivity index (χ2v) is 5.88. The number of benzene rings is 2. The third-order valence-corrected chi connectivity index (χ3v) is 3.97. The molecule has 6 heteroatoms. The summed E-state index contributed by atoms with van der Waals surface area (Å²) in [6.07, 6.45) is 0. The first-order valence-electron chi connectivity index (χ1n) is 7.11. The lowest BCUT2D eigenvalue weighted by molar-refractivity contribution is -0.384. The molecular formula is C17H17ClN2O3. The molecule has 0 radical (unpaired) electrons. The van der Waals surface area contributed by atoms with Gasteiger partial charge in [0.2, 0.25) is 0 Å². The van der Waals surface area contributed by atoms with Crippen LogP contribution in [-0.4, -0.2) is 10.8 Å². The number of carbonyl (C=O) groups is 1. The molecule has 2 aromatic rings. The van der Waals surface area contributed by atoms with Crippen LogP contribution in [0.1, 0.15) is 40.0 Å². The number of non-ortho nitro benzene ring substituents is 1. The molecule has 0 saturated heterocycles. The van der Waals surface area contributed by atoms with Gasteiger partial charge in [0, 0.05) is 12.1 Å². The van der Waals surface area contributed by atoms with Gasteiger partial charge in [-0.3, -0.25) is 14.9 Å². The summed E-state index contributed by atoms with van der Waals surface area (Å²) in [6, 6.07) is 9.66. The SMILES string of the molecule is Cc1ccc(C)c([C@@H](C)NC(=O)c2ccc([N+](=O)[O-])cc2Cl)c1. The molecule has 2 aromatic carbocycles. The van der Waals surface area contributed by atoms with E-state index in [0.717, 1.165) is 16.7 Å². The Morgan fingerprint density at radius 2 is 1.91 bits per heavy atom.